The topological polar surface area (TPSA) is 42.0 Å². The van der Waals surface area contributed by atoms with Crippen LogP contribution in [0.2, 0.25) is 0 Å². The van der Waals surface area contributed by atoms with Crippen LogP contribution in [0.4, 0.5) is 10.1 Å². The van der Waals surface area contributed by atoms with E-state index >= 15 is 0 Å². The third-order valence-electron chi connectivity index (χ3n) is 4.24. The molecule has 27 heavy (non-hydrogen) atoms. The van der Waals surface area contributed by atoms with Gasteiger partial charge in [-0.2, -0.15) is 0 Å². The highest BCUT2D eigenvalue weighted by Crippen LogP contribution is 2.24. The van der Waals surface area contributed by atoms with Crippen molar-refractivity contribution in [2.24, 2.45) is 0 Å². The number of fused-ring (bicyclic) bond motifs is 1. The van der Waals surface area contributed by atoms with Crippen LogP contribution in [0.3, 0.4) is 0 Å². The number of hydrogen-bond acceptors (Lipinski definition) is 3. The van der Waals surface area contributed by atoms with E-state index in [1.807, 2.05) is 42.5 Å². The number of para-hydroxylation sites is 1. The number of rotatable bonds is 5. The molecular formula is C22H17FN2OS. The van der Waals surface area contributed by atoms with Crippen molar-refractivity contribution in [3.63, 3.8) is 0 Å². The summed E-state index contributed by atoms with van der Waals surface area (Å²) in [5.41, 5.74) is 3.24. The molecule has 0 aliphatic carbocycles. The van der Waals surface area contributed by atoms with Gasteiger partial charge in [-0.15, -0.1) is 11.3 Å². The summed E-state index contributed by atoms with van der Waals surface area (Å²) in [6.07, 6.45) is 0.767. The van der Waals surface area contributed by atoms with Crippen LogP contribution in [-0.4, -0.2) is 10.9 Å². The molecule has 1 heterocycles. The number of nitrogens with zero attached hydrogens (tertiary/aromatic N) is 1. The molecule has 0 radical (unpaired) electrons. The van der Waals surface area contributed by atoms with Crippen molar-refractivity contribution in [1.82, 2.24) is 4.98 Å². The fraction of sp³-hybridized carbons (Fsp3) is 0.0909. The van der Waals surface area contributed by atoms with Crippen molar-refractivity contribution >= 4 is 33.1 Å². The molecule has 0 unspecified atom stereocenters. The van der Waals surface area contributed by atoms with Crippen LogP contribution in [0, 0.1) is 5.82 Å². The number of anilines is 1. The molecule has 0 saturated heterocycles. The Morgan fingerprint density at radius 1 is 0.963 bits per heavy atom. The molecular weight excluding hydrogens is 359 g/mol. The van der Waals surface area contributed by atoms with E-state index in [1.54, 1.807) is 29.5 Å². The van der Waals surface area contributed by atoms with Gasteiger partial charge < -0.3 is 5.32 Å². The second kappa shape index (κ2) is 7.68. The van der Waals surface area contributed by atoms with Gasteiger partial charge in [0.1, 0.15) is 5.82 Å². The Bertz CT molecular complexity index is 1060. The third-order valence-corrected chi connectivity index (χ3v) is 5.28. The average Bonchev–Trinajstić information content (AvgIpc) is 3.07. The van der Waals surface area contributed by atoms with Crippen LogP contribution >= 0.6 is 11.3 Å². The molecule has 1 aromatic heterocycles. The minimum atomic E-state index is -0.362. The van der Waals surface area contributed by atoms with Crippen molar-refractivity contribution in [2.45, 2.75) is 12.8 Å². The van der Waals surface area contributed by atoms with Crippen molar-refractivity contribution in [3.05, 3.63) is 94.7 Å². The smallest absolute Gasteiger partial charge is 0.228 e. The van der Waals surface area contributed by atoms with Gasteiger partial charge in [-0.3, -0.25) is 4.79 Å². The first-order valence-corrected chi connectivity index (χ1v) is 9.46. The normalized spacial score (nSPS) is 10.9. The van der Waals surface area contributed by atoms with Crippen molar-refractivity contribution < 1.29 is 9.18 Å². The largest absolute Gasteiger partial charge is 0.326 e. The van der Waals surface area contributed by atoms with E-state index < -0.39 is 0 Å². The minimum absolute atomic E-state index is 0.0140. The molecule has 3 aromatic carbocycles. The van der Waals surface area contributed by atoms with Crippen molar-refractivity contribution in [1.29, 1.82) is 0 Å². The lowest BCUT2D eigenvalue weighted by atomic mass is 10.1. The Hall–Kier alpha value is -3.05. The Labute approximate surface area is 160 Å². The maximum absolute atomic E-state index is 13.6. The van der Waals surface area contributed by atoms with Gasteiger partial charge in [0.2, 0.25) is 5.91 Å². The van der Waals surface area contributed by atoms with E-state index in [0.717, 1.165) is 22.5 Å². The van der Waals surface area contributed by atoms with E-state index in [4.69, 9.17) is 0 Å². The van der Waals surface area contributed by atoms with Crippen molar-refractivity contribution in [3.8, 4) is 0 Å². The summed E-state index contributed by atoms with van der Waals surface area (Å²) >= 11 is 1.69. The van der Waals surface area contributed by atoms with Gasteiger partial charge in [-0.1, -0.05) is 42.5 Å². The van der Waals surface area contributed by atoms with E-state index in [1.165, 1.54) is 10.8 Å². The number of carbonyl (C=O) groups excluding carboxylic acids is 1. The van der Waals surface area contributed by atoms with Crippen LogP contribution in [0.5, 0.6) is 0 Å². The number of amides is 1. The Kier molecular flexibility index (Phi) is 4.94. The zero-order chi connectivity index (χ0) is 18.6. The first-order chi connectivity index (χ1) is 13.2. The van der Waals surface area contributed by atoms with Gasteiger partial charge in [0.15, 0.2) is 0 Å². The van der Waals surface area contributed by atoms with Crippen LogP contribution < -0.4 is 5.32 Å². The summed E-state index contributed by atoms with van der Waals surface area (Å²) in [6, 6.07) is 22.1. The molecule has 0 spiro atoms. The number of hydrogen-bond donors (Lipinski definition) is 1. The molecule has 134 valence electrons. The van der Waals surface area contributed by atoms with Gasteiger partial charge in [0.05, 0.1) is 21.6 Å². The molecule has 4 aromatic rings. The second-order valence-electron chi connectivity index (χ2n) is 6.27. The summed E-state index contributed by atoms with van der Waals surface area (Å²) in [5, 5.41) is 3.87. The van der Waals surface area contributed by atoms with E-state index in [2.05, 4.69) is 16.4 Å². The Morgan fingerprint density at radius 3 is 2.48 bits per heavy atom. The lowest BCUT2D eigenvalue weighted by molar-refractivity contribution is -0.115. The number of halogens is 1. The average molecular weight is 376 g/mol. The van der Waals surface area contributed by atoms with Gasteiger partial charge in [0, 0.05) is 12.1 Å². The molecule has 1 amide bonds. The molecule has 0 aliphatic heterocycles. The van der Waals surface area contributed by atoms with Crippen LogP contribution in [0.15, 0.2) is 72.8 Å². The number of thiazole rings is 1. The van der Waals surface area contributed by atoms with Gasteiger partial charge in [-0.25, -0.2) is 9.37 Å². The Balaban J connectivity index is 1.39. The molecule has 5 heteroatoms. The van der Waals surface area contributed by atoms with E-state index in [0.29, 0.717) is 11.3 Å². The number of aromatic nitrogens is 1. The summed E-state index contributed by atoms with van der Waals surface area (Å²) in [5.74, 6) is -0.599. The molecule has 0 atom stereocenters. The van der Waals surface area contributed by atoms with Crippen LogP contribution in [0.25, 0.3) is 10.2 Å². The molecule has 3 nitrogen and oxygen atoms in total. The highest BCUT2D eigenvalue weighted by molar-refractivity contribution is 7.18. The Morgan fingerprint density at radius 2 is 1.70 bits per heavy atom. The fourth-order valence-electron chi connectivity index (χ4n) is 2.90. The summed E-state index contributed by atoms with van der Waals surface area (Å²) in [6.45, 7) is 0. The molecule has 0 fully saturated rings. The highest BCUT2D eigenvalue weighted by atomic mass is 32.1. The van der Waals surface area contributed by atoms with Crippen molar-refractivity contribution in [2.75, 3.05) is 5.32 Å². The van der Waals surface area contributed by atoms with E-state index in [9.17, 15) is 9.18 Å². The first kappa shape index (κ1) is 17.4. The summed E-state index contributed by atoms with van der Waals surface area (Å²) in [4.78, 5) is 16.8. The van der Waals surface area contributed by atoms with E-state index in [-0.39, 0.29) is 18.1 Å². The van der Waals surface area contributed by atoms with Crippen LogP contribution in [-0.2, 0) is 17.6 Å². The second-order valence-corrected chi connectivity index (χ2v) is 7.38. The maximum atomic E-state index is 13.6. The zero-order valence-corrected chi connectivity index (χ0v) is 15.3. The monoisotopic (exact) mass is 376 g/mol. The molecule has 1 N–H and O–H groups in total. The molecule has 0 aliphatic rings. The first-order valence-electron chi connectivity index (χ1n) is 8.64. The molecule has 0 saturated carbocycles. The van der Waals surface area contributed by atoms with Gasteiger partial charge >= 0.3 is 0 Å². The van der Waals surface area contributed by atoms with Gasteiger partial charge in [-0.05, 0) is 41.5 Å². The predicted octanol–water partition coefficient (Wildman–Crippen LogP) is 5.21. The zero-order valence-electron chi connectivity index (χ0n) is 14.5. The quantitative estimate of drug-likeness (QED) is 0.520. The number of nitrogens with one attached hydrogen (secondary N) is 1. The maximum Gasteiger partial charge on any atom is 0.228 e. The van der Waals surface area contributed by atoms with Gasteiger partial charge in [0.25, 0.3) is 0 Å². The lowest BCUT2D eigenvalue weighted by Gasteiger charge is -2.07. The molecule has 0 bridgehead atoms. The number of carbonyl (C=O) groups is 1. The third kappa shape index (κ3) is 4.20. The predicted molar refractivity (Wildman–Crippen MR) is 108 cm³/mol. The number of benzene rings is 3. The standard InChI is InChI=1S/C22H17FN2OS/c23-18-6-2-1-5-16(18)14-21(26)24-17-11-9-15(10-12-17)13-22-25-19-7-3-4-8-20(19)27-22/h1-12H,13-14H2,(H,24,26). The highest BCUT2D eigenvalue weighted by Gasteiger charge is 2.09. The van der Waals surface area contributed by atoms with Crippen LogP contribution in [0.1, 0.15) is 16.1 Å². The summed E-state index contributed by atoms with van der Waals surface area (Å²) in [7, 11) is 0. The molecule has 4 rings (SSSR count). The summed E-state index contributed by atoms with van der Waals surface area (Å²) < 4.78 is 14.8. The minimum Gasteiger partial charge on any atom is -0.326 e. The fourth-order valence-corrected chi connectivity index (χ4v) is 3.90. The lowest BCUT2D eigenvalue weighted by Crippen LogP contribution is -2.15. The SMILES string of the molecule is O=C(Cc1ccccc1F)Nc1ccc(Cc2nc3ccccc3s2)cc1.